The Bertz CT molecular complexity index is 568. The average Bonchev–Trinajstić information content (AvgIpc) is 2.57. The lowest BCUT2D eigenvalue weighted by atomic mass is 10.2. The second-order valence-electron chi connectivity index (χ2n) is 3.90. The molecule has 0 aliphatic rings. The average molecular weight is 249 g/mol. The fraction of sp³-hybridized carbons (Fsp3) is 0.333. The summed E-state index contributed by atoms with van der Waals surface area (Å²) in [5.74, 6) is 0.833. The fourth-order valence-corrected chi connectivity index (χ4v) is 2.45. The van der Waals surface area contributed by atoms with Crippen LogP contribution in [-0.2, 0) is 6.54 Å². The molecule has 2 rings (SSSR count). The van der Waals surface area contributed by atoms with Gasteiger partial charge in [-0.2, -0.15) is 0 Å². The maximum atomic E-state index is 11.7. The molecule has 0 saturated heterocycles. The predicted molar refractivity (Wildman–Crippen MR) is 70.9 cm³/mol. The third kappa shape index (κ3) is 2.39. The summed E-state index contributed by atoms with van der Waals surface area (Å²) in [7, 11) is 1.83. The van der Waals surface area contributed by atoms with Crippen molar-refractivity contribution < 1.29 is 0 Å². The minimum absolute atomic E-state index is 0.0951. The normalized spacial score (nSPS) is 10.5. The molecule has 1 N–H and O–H groups in total. The molecule has 2 aromatic heterocycles. The van der Waals surface area contributed by atoms with E-state index >= 15 is 0 Å². The van der Waals surface area contributed by atoms with Gasteiger partial charge < -0.3 is 5.32 Å². The minimum Gasteiger partial charge on any atom is -0.373 e. The van der Waals surface area contributed by atoms with Crippen LogP contribution in [0.5, 0.6) is 0 Å². The highest BCUT2D eigenvalue weighted by Gasteiger charge is 2.07. The van der Waals surface area contributed by atoms with Crippen LogP contribution >= 0.6 is 11.3 Å². The molecule has 0 fully saturated rings. The van der Waals surface area contributed by atoms with Gasteiger partial charge in [0.2, 0.25) is 0 Å². The molecule has 90 valence electrons. The van der Waals surface area contributed by atoms with Gasteiger partial charge >= 0.3 is 4.87 Å². The Labute approximate surface area is 104 Å². The van der Waals surface area contributed by atoms with Crippen molar-refractivity contribution in [2.75, 3.05) is 12.4 Å². The van der Waals surface area contributed by atoms with Crippen LogP contribution in [0.15, 0.2) is 23.1 Å². The van der Waals surface area contributed by atoms with E-state index in [0.717, 1.165) is 22.0 Å². The molecule has 0 aromatic carbocycles. The van der Waals surface area contributed by atoms with Crippen LogP contribution in [0.2, 0.25) is 0 Å². The predicted octanol–water partition coefficient (Wildman–Crippen LogP) is 2.01. The van der Waals surface area contributed by atoms with E-state index in [2.05, 4.69) is 10.3 Å². The Morgan fingerprint density at radius 3 is 2.65 bits per heavy atom. The second-order valence-corrected chi connectivity index (χ2v) is 5.06. The zero-order chi connectivity index (χ0) is 12.4. The van der Waals surface area contributed by atoms with Crippen LogP contribution in [0.25, 0.3) is 0 Å². The van der Waals surface area contributed by atoms with Gasteiger partial charge in [0, 0.05) is 23.8 Å². The first-order valence-corrected chi connectivity index (χ1v) is 6.23. The summed E-state index contributed by atoms with van der Waals surface area (Å²) >= 11 is 1.30. The highest BCUT2D eigenvalue weighted by atomic mass is 32.1. The number of rotatable bonds is 3. The fourth-order valence-electron chi connectivity index (χ4n) is 1.62. The van der Waals surface area contributed by atoms with Crippen molar-refractivity contribution in [1.29, 1.82) is 0 Å². The Morgan fingerprint density at radius 1 is 1.41 bits per heavy atom. The van der Waals surface area contributed by atoms with Gasteiger partial charge in [0.05, 0.1) is 6.54 Å². The highest BCUT2D eigenvalue weighted by molar-refractivity contribution is 7.09. The van der Waals surface area contributed by atoms with Gasteiger partial charge in [-0.15, -0.1) is 0 Å². The second kappa shape index (κ2) is 4.71. The maximum absolute atomic E-state index is 11.7. The summed E-state index contributed by atoms with van der Waals surface area (Å²) < 4.78 is 1.79. The van der Waals surface area contributed by atoms with Crippen LogP contribution in [0.4, 0.5) is 5.82 Å². The third-order valence-electron chi connectivity index (χ3n) is 2.80. The van der Waals surface area contributed by atoms with E-state index < -0.39 is 0 Å². The number of hydrogen-bond donors (Lipinski definition) is 1. The Hall–Kier alpha value is -1.62. The third-order valence-corrected chi connectivity index (χ3v) is 3.79. The van der Waals surface area contributed by atoms with Crippen molar-refractivity contribution in [2.24, 2.45) is 0 Å². The smallest absolute Gasteiger partial charge is 0.307 e. The van der Waals surface area contributed by atoms with Gasteiger partial charge in [-0.3, -0.25) is 9.36 Å². The summed E-state index contributed by atoms with van der Waals surface area (Å²) in [6.07, 6.45) is 1.80. The molecule has 0 unspecified atom stereocenters. The number of thiazole rings is 1. The van der Waals surface area contributed by atoms with Crippen LogP contribution in [-0.4, -0.2) is 16.6 Å². The van der Waals surface area contributed by atoms with E-state index in [9.17, 15) is 4.79 Å². The van der Waals surface area contributed by atoms with Crippen molar-refractivity contribution in [3.63, 3.8) is 0 Å². The van der Waals surface area contributed by atoms with Crippen molar-refractivity contribution in [1.82, 2.24) is 9.55 Å². The molecule has 0 amide bonds. The summed E-state index contributed by atoms with van der Waals surface area (Å²) in [6, 6.07) is 3.90. The molecule has 4 nitrogen and oxygen atoms in total. The summed E-state index contributed by atoms with van der Waals surface area (Å²) in [5, 5.41) is 2.97. The Balaban J connectivity index is 2.28. The lowest BCUT2D eigenvalue weighted by molar-refractivity contribution is 0.749. The zero-order valence-electron chi connectivity index (χ0n) is 10.2. The number of anilines is 1. The van der Waals surface area contributed by atoms with E-state index in [4.69, 9.17) is 0 Å². The molecule has 0 atom stereocenters. The first-order chi connectivity index (χ1) is 8.11. The summed E-state index contributed by atoms with van der Waals surface area (Å²) in [5.41, 5.74) is 2.07. The largest absolute Gasteiger partial charge is 0.373 e. The van der Waals surface area contributed by atoms with E-state index in [1.54, 1.807) is 10.8 Å². The first kappa shape index (κ1) is 11.9. The lowest BCUT2D eigenvalue weighted by Gasteiger charge is -2.05. The van der Waals surface area contributed by atoms with E-state index in [-0.39, 0.29) is 4.87 Å². The first-order valence-electron chi connectivity index (χ1n) is 5.41. The van der Waals surface area contributed by atoms with E-state index in [1.807, 2.05) is 33.0 Å². The minimum atomic E-state index is 0.0951. The standard InChI is InChI=1S/C12H15N3OS/c1-8-9(2)17-12(16)15(8)7-10-4-5-11(13-3)14-6-10/h4-6H,7H2,1-3H3,(H,13,14). The maximum Gasteiger partial charge on any atom is 0.307 e. The van der Waals surface area contributed by atoms with Crippen LogP contribution in [0.3, 0.4) is 0 Å². The van der Waals surface area contributed by atoms with Crippen molar-refractivity contribution in [3.05, 3.63) is 44.1 Å². The van der Waals surface area contributed by atoms with E-state index in [0.29, 0.717) is 6.54 Å². The molecule has 2 heterocycles. The molecule has 17 heavy (non-hydrogen) atoms. The molecule has 2 aromatic rings. The van der Waals surface area contributed by atoms with Gasteiger partial charge in [0.25, 0.3) is 0 Å². The molecule has 5 heteroatoms. The zero-order valence-corrected chi connectivity index (χ0v) is 11.0. The quantitative estimate of drug-likeness (QED) is 0.905. The highest BCUT2D eigenvalue weighted by Crippen LogP contribution is 2.12. The molecule has 0 aliphatic heterocycles. The van der Waals surface area contributed by atoms with Crippen molar-refractivity contribution in [2.45, 2.75) is 20.4 Å². The van der Waals surface area contributed by atoms with Crippen LogP contribution in [0.1, 0.15) is 16.1 Å². The topological polar surface area (TPSA) is 46.9 Å². The van der Waals surface area contributed by atoms with Gasteiger partial charge in [-0.1, -0.05) is 17.4 Å². The van der Waals surface area contributed by atoms with Gasteiger partial charge in [-0.25, -0.2) is 4.98 Å². The molecule has 0 bridgehead atoms. The molecule has 0 radical (unpaired) electrons. The number of aromatic nitrogens is 2. The molecular weight excluding hydrogens is 234 g/mol. The number of nitrogens with zero attached hydrogens (tertiary/aromatic N) is 2. The number of nitrogens with one attached hydrogen (secondary N) is 1. The van der Waals surface area contributed by atoms with Crippen molar-refractivity contribution in [3.8, 4) is 0 Å². The summed E-state index contributed by atoms with van der Waals surface area (Å²) in [4.78, 5) is 17.1. The van der Waals surface area contributed by atoms with Crippen LogP contribution in [0, 0.1) is 13.8 Å². The van der Waals surface area contributed by atoms with Gasteiger partial charge in [-0.05, 0) is 25.5 Å². The van der Waals surface area contributed by atoms with Gasteiger partial charge in [0.1, 0.15) is 5.82 Å². The molecular formula is C12H15N3OS. The molecule has 0 saturated carbocycles. The van der Waals surface area contributed by atoms with E-state index in [1.165, 1.54) is 11.3 Å². The molecule has 0 aliphatic carbocycles. The lowest BCUT2D eigenvalue weighted by Crippen LogP contribution is -2.15. The van der Waals surface area contributed by atoms with Crippen LogP contribution < -0.4 is 10.2 Å². The summed E-state index contributed by atoms with van der Waals surface area (Å²) in [6.45, 7) is 4.54. The Kier molecular flexibility index (Phi) is 3.28. The Morgan fingerprint density at radius 2 is 2.18 bits per heavy atom. The molecule has 0 spiro atoms. The number of hydrogen-bond acceptors (Lipinski definition) is 4. The number of pyridine rings is 1. The van der Waals surface area contributed by atoms with Crippen molar-refractivity contribution >= 4 is 17.2 Å². The SMILES string of the molecule is CNc1ccc(Cn2c(C)c(C)sc2=O)cn1. The number of aryl methyl sites for hydroxylation is 1. The van der Waals surface area contributed by atoms with Gasteiger partial charge in [0.15, 0.2) is 0 Å². The monoisotopic (exact) mass is 249 g/mol.